The number of hydrogen-bond donors (Lipinski definition) is 1. The average Bonchev–Trinajstić information content (AvgIpc) is 3.32. The van der Waals surface area contributed by atoms with E-state index in [0.717, 1.165) is 44.3 Å². The number of carbonyl (C=O) groups excluding carboxylic acids is 2. The molecule has 1 aliphatic heterocycles. The molecule has 1 aromatic heterocycles. The summed E-state index contributed by atoms with van der Waals surface area (Å²) in [6.45, 7) is 5.25. The number of nitrogens with zero attached hydrogens (tertiary/aromatic N) is 4. The highest BCUT2D eigenvalue weighted by Crippen LogP contribution is 2.33. The van der Waals surface area contributed by atoms with E-state index in [1.807, 2.05) is 37.7 Å². The normalized spacial score (nSPS) is 20.3. The number of rotatable bonds is 5. The van der Waals surface area contributed by atoms with Gasteiger partial charge in [-0.3, -0.25) is 9.59 Å². The van der Waals surface area contributed by atoms with Gasteiger partial charge in [-0.2, -0.15) is 0 Å². The zero-order valence-electron chi connectivity index (χ0n) is 16.9. The predicted molar refractivity (Wildman–Crippen MR) is 105 cm³/mol. The van der Waals surface area contributed by atoms with Crippen LogP contribution < -0.4 is 10.2 Å². The minimum absolute atomic E-state index is 0.0443. The minimum atomic E-state index is -0.147. The fourth-order valence-corrected chi connectivity index (χ4v) is 4.04. The van der Waals surface area contributed by atoms with E-state index in [4.69, 9.17) is 0 Å². The lowest BCUT2D eigenvalue weighted by Crippen LogP contribution is -2.34. The quantitative estimate of drug-likeness (QED) is 0.856. The summed E-state index contributed by atoms with van der Waals surface area (Å²) >= 11 is 0. The minimum Gasteiger partial charge on any atom is -0.350 e. The van der Waals surface area contributed by atoms with Crippen LogP contribution in [0.4, 0.5) is 5.95 Å². The molecule has 3 rings (SSSR count). The highest BCUT2D eigenvalue weighted by molar-refractivity contribution is 5.95. The van der Waals surface area contributed by atoms with Crippen LogP contribution >= 0.6 is 0 Å². The van der Waals surface area contributed by atoms with Crippen LogP contribution in [0.15, 0.2) is 6.20 Å². The fourth-order valence-electron chi connectivity index (χ4n) is 4.04. The van der Waals surface area contributed by atoms with E-state index in [0.29, 0.717) is 18.1 Å². The van der Waals surface area contributed by atoms with Gasteiger partial charge in [0.25, 0.3) is 5.91 Å². The van der Waals surface area contributed by atoms with Gasteiger partial charge < -0.3 is 15.1 Å². The smallest absolute Gasteiger partial charge is 0.254 e. The number of nitrogens with one attached hydrogen (secondary N) is 1. The SMILES string of the molecule is CC(C)NC(=O)c1cnc(N(C)C)nc1C1CCN(C(=O)C2CCCC2)C1. The van der Waals surface area contributed by atoms with Crippen LogP contribution in [0.2, 0.25) is 0 Å². The van der Waals surface area contributed by atoms with E-state index in [2.05, 4.69) is 15.3 Å². The first-order chi connectivity index (χ1) is 12.9. The van der Waals surface area contributed by atoms with Crippen molar-refractivity contribution >= 4 is 17.8 Å². The van der Waals surface area contributed by atoms with Crippen molar-refractivity contribution in [1.29, 1.82) is 0 Å². The third-order valence-corrected chi connectivity index (χ3v) is 5.46. The van der Waals surface area contributed by atoms with E-state index in [1.165, 1.54) is 0 Å². The Morgan fingerprint density at radius 1 is 1.22 bits per heavy atom. The first kappa shape index (κ1) is 19.6. The van der Waals surface area contributed by atoms with Crippen molar-refractivity contribution in [2.24, 2.45) is 5.92 Å². The van der Waals surface area contributed by atoms with Gasteiger partial charge in [0.05, 0.1) is 11.3 Å². The van der Waals surface area contributed by atoms with E-state index in [-0.39, 0.29) is 29.7 Å². The van der Waals surface area contributed by atoms with Crippen LogP contribution in [0, 0.1) is 5.92 Å². The van der Waals surface area contributed by atoms with Gasteiger partial charge in [0, 0.05) is 51.3 Å². The van der Waals surface area contributed by atoms with Gasteiger partial charge in [-0.15, -0.1) is 0 Å². The maximum absolute atomic E-state index is 12.8. The lowest BCUT2D eigenvalue weighted by molar-refractivity contribution is -0.134. The molecular weight excluding hydrogens is 342 g/mol. The summed E-state index contributed by atoms with van der Waals surface area (Å²) in [6, 6.07) is 0.0443. The lowest BCUT2D eigenvalue weighted by Gasteiger charge is -2.21. The predicted octanol–water partition coefficient (Wildman–Crippen LogP) is 2.19. The number of carbonyl (C=O) groups is 2. The Morgan fingerprint density at radius 3 is 2.56 bits per heavy atom. The molecule has 2 amide bonds. The van der Waals surface area contributed by atoms with Crippen molar-refractivity contribution in [3.63, 3.8) is 0 Å². The molecular formula is C20H31N5O2. The van der Waals surface area contributed by atoms with Crippen molar-refractivity contribution < 1.29 is 9.59 Å². The van der Waals surface area contributed by atoms with Crippen LogP contribution in [0.3, 0.4) is 0 Å². The Balaban J connectivity index is 1.82. The number of hydrogen-bond acceptors (Lipinski definition) is 5. The second-order valence-electron chi connectivity index (χ2n) is 8.24. The van der Waals surface area contributed by atoms with Crippen molar-refractivity contribution in [3.05, 3.63) is 17.5 Å². The molecule has 27 heavy (non-hydrogen) atoms. The summed E-state index contributed by atoms with van der Waals surface area (Å²) in [6.07, 6.45) is 6.80. The Morgan fingerprint density at radius 2 is 1.93 bits per heavy atom. The number of likely N-dealkylation sites (tertiary alicyclic amines) is 1. The Hall–Kier alpha value is -2.18. The highest BCUT2D eigenvalue weighted by Gasteiger charge is 2.35. The van der Waals surface area contributed by atoms with E-state index in [1.54, 1.807) is 6.20 Å². The molecule has 0 spiro atoms. The molecule has 2 fully saturated rings. The second kappa shape index (κ2) is 8.23. The highest BCUT2D eigenvalue weighted by atomic mass is 16.2. The van der Waals surface area contributed by atoms with Gasteiger partial charge in [0.15, 0.2) is 0 Å². The van der Waals surface area contributed by atoms with Gasteiger partial charge in [-0.1, -0.05) is 12.8 Å². The van der Waals surface area contributed by atoms with Crippen LogP contribution in [-0.2, 0) is 4.79 Å². The van der Waals surface area contributed by atoms with Gasteiger partial charge in [0.2, 0.25) is 11.9 Å². The van der Waals surface area contributed by atoms with Crippen molar-refractivity contribution in [2.45, 2.75) is 57.9 Å². The van der Waals surface area contributed by atoms with Gasteiger partial charge in [-0.05, 0) is 33.1 Å². The molecule has 0 aromatic carbocycles. The molecule has 2 heterocycles. The molecule has 148 valence electrons. The molecule has 1 atom stereocenters. The Labute approximate surface area is 161 Å². The standard InChI is InChI=1S/C20H31N5O2/c1-13(2)22-18(26)16-11-21-20(24(3)4)23-17(16)15-9-10-25(12-15)19(27)14-7-5-6-8-14/h11,13-15H,5-10,12H2,1-4H3,(H,22,26). The topological polar surface area (TPSA) is 78.4 Å². The first-order valence-electron chi connectivity index (χ1n) is 10.0. The number of amides is 2. The van der Waals surface area contributed by atoms with Gasteiger partial charge in [-0.25, -0.2) is 9.97 Å². The molecule has 1 unspecified atom stereocenters. The zero-order chi connectivity index (χ0) is 19.6. The van der Waals surface area contributed by atoms with E-state index >= 15 is 0 Å². The van der Waals surface area contributed by atoms with E-state index in [9.17, 15) is 9.59 Å². The van der Waals surface area contributed by atoms with Crippen molar-refractivity contribution in [3.8, 4) is 0 Å². The Bertz CT molecular complexity index is 698. The van der Waals surface area contributed by atoms with Gasteiger partial charge >= 0.3 is 0 Å². The molecule has 1 aliphatic carbocycles. The monoisotopic (exact) mass is 373 g/mol. The van der Waals surface area contributed by atoms with Crippen LogP contribution in [0.5, 0.6) is 0 Å². The molecule has 1 aromatic rings. The van der Waals surface area contributed by atoms with Crippen LogP contribution in [-0.4, -0.2) is 59.9 Å². The maximum Gasteiger partial charge on any atom is 0.254 e. The third-order valence-electron chi connectivity index (χ3n) is 5.46. The molecule has 0 radical (unpaired) electrons. The molecule has 7 heteroatoms. The summed E-state index contributed by atoms with van der Waals surface area (Å²) in [4.78, 5) is 38.3. The summed E-state index contributed by atoms with van der Waals surface area (Å²) in [5.41, 5.74) is 1.28. The van der Waals surface area contributed by atoms with Crippen molar-refractivity contribution in [2.75, 3.05) is 32.1 Å². The average molecular weight is 374 g/mol. The molecule has 1 saturated heterocycles. The van der Waals surface area contributed by atoms with E-state index < -0.39 is 0 Å². The molecule has 1 N–H and O–H groups in total. The summed E-state index contributed by atoms with van der Waals surface area (Å²) < 4.78 is 0. The zero-order valence-corrected chi connectivity index (χ0v) is 16.9. The molecule has 0 bridgehead atoms. The van der Waals surface area contributed by atoms with Gasteiger partial charge in [0.1, 0.15) is 0 Å². The Kier molecular flexibility index (Phi) is 5.97. The fraction of sp³-hybridized carbons (Fsp3) is 0.700. The van der Waals surface area contributed by atoms with Crippen LogP contribution in [0.25, 0.3) is 0 Å². The third kappa shape index (κ3) is 4.39. The summed E-state index contributed by atoms with van der Waals surface area (Å²) in [5, 5.41) is 2.94. The summed E-state index contributed by atoms with van der Waals surface area (Å²) in [5.74, 6) is 0.989. The maximum atomic E-state index is 12.8. The van der Waals surface area contributed by atoms with Crippen LogP contribution in [0.1, 0.15) is 67.9 Å². The first-order valence-corrected chi connectivity index (χ1v) is 10.0. The summed E-state index contributed by atoms with van der Waals surface area (Å²) in [7, 11) is 3.77. The van der Waals surface area contributed by atoms with Crippen molar-refractivity contribution in [1.82, 2.24) is 20.2 Å². The second-order valence-corrected chi connectivity index (χ2v) is 8.24. The number of anilines is 1. The lowest BCUT2D eigenvalue weighted by atomic mass is 9.99. The molecule has 7 nitrogen and oxygen atoms in total. The molecule has 2 aliphatic rings. The number of aromatic nitrogens is 2. The molecule has 1 saturated carbocycles. The largest absolute Gasteiger partial charge is 0.350 e.